The third-order valence-corrected chi connectivity index (χ3v) is 12.2. The number of fused-ring (bicyclic) bond motifs is 5. The average molecular weight is 583 g/mol. The molecule has 0 aliphatic heterocycles. The first-order valence-corrected chi connectivity index (χ1v) is 16.0. The third kappa shape index (κ3) is 6.32. The minimum absolute atomic E-state index is 0.0912. The Balaban J connectivity index is 1.73. The van der Waals surface area contributed by atoms with Crippen molar-refractivity contribution in [3.05, 3.63) is 0 Å². The van der Waals surface area contributed by atoms with Gasteiger partial charge in [0.25, 0.3) is 0 Å². The molecule has 4 aliphatic rings. The van der Waals surface area contributed by atoms with E-state index in [2.05, 4.69) is 32.9 Å². The second kappa shape index (κ2) is 14.2. The molecule has 238 valence electrons. The van der Waals surface area contributed by atoms with Crippen molar-refractivity contribution in [3.63, 3.8) is 0 Å². The van der Waals surface area contributed by atoms with E-state index >= 15 is 0 Å². The van der Waals surface area contributed by atoms with Gasteiger partial charge >= 0.3 is 0 Å². The quantitative estimate of drug-likeness (QED) is 0.0891. The summed E-state index contributed by atoms with van der Waals surface area (Å²) in [4.78, 5) is 0. The monoisotopic (exact) mass is 582 g/mol. The number of methoxy groups -OCH3 is 3. The van der Waals surface area contributed by atoms with Gasteiger partial charge in [0.15, 0.2) is 0 Å². The zero-order chi connectivity index (χ0) is 29.8. The molecule has 0 bridgehead atoms. The van der Waals surface area contributed by atoms with Crippen LogP contribution < -0.4 is 5.73 Å². The SMILES string of the molecule is CC[C@H]1[C@@H](OCOC)C2C3CC[C@H]([C@H](C)CCC(N)=NO)[C@@]3(C)C[C@H](OCOC)C2[C@@]2(C)CC[C@@H](OCOC)C[C@@H]12. The Labute approximate surface area is 248 Å². The van der Waals surface area contributed by atoms with E-state index in [4.69, 9.17) is 39.4 Å². The van der Waals surface area contributed by atoms with Gasteiger partial charge in [-0.05, 0) is 97.2 Å². The van der Waals surface area contributed by atoms with Gasteiger partial charge in [0.05, 0.1) is 18.3 Å². The van der Waals surface area contributed by atoms with Crippen molar-refractivity contribution in [1.29, 1.82) is 0 Å². The topological polar surface area (TPSA) is 114 Å². The van der Waals surface area contributed by atoms with Crippen molar-refractivity contribution in [2.24, 2.45) is 63.1 Å². The molecule has 0 aromatic carbocycles. The number of hydrogen-bond donors (Lipinski definition) is 2. The number of nitrogens with two attached hydrogens (primary N) is 1. The van der Waals surface area contributed by atoms with Crippen LogP contribution in [0, 0.1) is 52.3 Å². The van der Waals surface area contributed by atoms with E-state index in [-0.39, 0.29) is 29.1 Å². The predicted molar refractivity (Wildman–Crippen MR) is 157 cm³/mol. The van der Waals surface area contributed by atoms with Crippen molar-refractivity contribution in [2.75, 3.05) is 41.7 Å². The van der Waals surface area contributed by atoms with Crippen LogP contribution in [0.3, 0.4) is 0 Å². The van der Waals surface area contributed by atoms with Crippen molar-refractivity contribution < 1.29 is 33.6 Å². The number of oxime groups is 1. The molecule has 3 unspecified atom stereocenters. The Bertz CT molecular complexity index is 860. The van der Waals surface area contributed by atoms with E-state index in [1.165, 1.54) is 12.8 Å². The normalized spacial score (nSPS) is 43.3. The van der Waals surface area contributed by atoms with Gasteiger partial charge < -0.3 is 39.4 Å². The highest BCUT2D eigenvalue weighted by Crippen LogP contribution is 2.70. The van der Waals surface area contributed by atoms with Gasteiger partial charge in [-0.3, -0.25) is 0 Å². The van der Waals surface area contributed by atoms with E-state index in [1.54, 1.807) is 21.3 Å². The first-order chi connectivity index (χ1) is 19.7. The Hall–Kier alpha value is -0.970. The molecule has 4 fully saturated rings. The van der Waals surface area contributed by atoms with Crippen LogP contribution >= 0.6 is 0 Å². The maximum Gasteiger partial charge on any atom is 0.146 e. The molecule has 4 saturated carbocycles. The second-order valence-corrected chi connectivity index (χ2v) is 14.0. The highest BCUT2D eigenvalue weighted by Gasteiger charge is 2.68. The van der Waals surface area contributed by atoms with Crippen molar-refractivity contribution in [3.8, 4) is 0 Å². The summed E-state index contributed by atoms with van der Waals surface area (Å²) in [6.45, 7) is 10.7. The lowest BCUT2D eigenvalue weighted by molar-refractivity contribution is -0.275. The predicted octanol–water partition coefficient (Wildman–Crippen LogP) is 5.63. The lowest BCUT2D eigenvalue weighted by Crippen LogP contribution is -2.66. The molecule has 12 atom stereocenters. The molecule has 0 radical (unpaired) electrons. The first kappa shape index (κ1) is 32.9. The maximum absolute atomic E-state index is 9.12. The summed E-state index contributed by atoms with van der Waals surface area (Å²) in [7, 11) is 5.15. The molecule has 4 rings (SSSR count). The summed E-state index contributed by atoms with van der Waals surface area (Å²) in [5, 5.41) is 12.3. The smallest absolute Gasteiger partial charge is 0.146 e. The third-order valence-electron chi connectivity index (χ3n) is 12.2. The molecule has 0 heterocycles. The van der Waals surface area contributed by atoms with Crippen molar-refractivity contribution in [2.45, 2.75) is 104 Å². The van der Waals surface area contributed by atoms with Gasteiger partial charge in [-0.25, -0.2) is 0 Å². The van der Waals surface area contributed by atoms with E-state index in [0.29, 0.717) is 74.1 Å². The minimum Gasteiger partial charge on any atom is -0.409 e. The fraction of sp³-hybridized carbons (Fsp3) is 0.969. The van der Waals surface area contributed by atoms with Crippen LogP contribution in [0.2, 0.25) is 0 Å². The van der Waals surface area contributed by atoms with Gasteiger partial charge in [0.2, 0.25) is 0 Å². The molecule has 4 aliphatic carbocycles. The lowest BCUT2D eigenvalue weighted by Gasteiger charge is -2.67. The fourth-order valence-electron chi connectivity index (χ4n) is 10.6. The van der Waals surface area contributed by atoms with Gasteiger partial charge in [-0.2, -0.15) is 0 Å². The van der Waals surface area contributed by atoms with E-state index in [1.807, 2.05) is 0 Å². The molecular formula is C32H58N2O7. The van der Waals surface area contributed by atoms with E-state index in [0.717, 1.165) is 38.5 Å². The molecule has 0 spiro atoms. The summed E-state index contributed by atoms with van der Waals surface area (Å²) in [6.07, 6.45) is 9.64. The van der Waals surface area contributed by atoms with Crippen LogP contribution in [0.4, 0.5) is 0 Å². The average Bonchev–Trinajstić information content (AvgIpc) is 3.32. The molecule has 0 aromatic heterocycles. The summed E-state index contributed by atoms with van der Waals surface area (Å²) < 4.78 is 36.0. The number of ether oxygens (including phenoxy) is 6. The second-order valence-electron chi connectivity index (χ2n) is 14.0. The zero-order valence-corrected chi connectivity index (χ0v) is 26.7. The highest BCUT2D eigenvalue weighted by atomic mass is 16.7. The Morgan fingerprint density at radius 2 is 1.63 bits per heavy atom. The molecule has 0 amide bonds. The number of nitrogens with zero attached hydrogens (tertiary/aromatic N) is 1. The van der Waals surface area contributed by atoms with Gasteiger partial charge in [-0.1, -0.05) is 39.3 Å². The summed E-state index contributed by atoms with van der Waals surface area (Å²) >= 11 is 0. The number of amidine groups is 1. The fourth-order valence-corrected chi connectivity index (χ4v) is 10.6. The largest absolute Gasteiger partial charge is 0.409 e. The molecule has 0 saturated heterocycles. The standard InChI is InChI=1S/C32H58N2O7/c1-8-22-25-15-21(39-17-36-5)13-14-31(25,3)29-26(40-18-37-6)16-32(4)23(20(2)9-12-27(33)34-35)10-11-24(32)28(29)30(22)41-19-38-7/h20-26,28-30,35H,8-19H2,1-7H3,(H2,33,34)/t20-,21-,22-,23-,24?,25+,26+,28?,29?,30-,31+,32-/m1/s1. The van der Waals surface area contributed by atoms with Crippen molar-refractivity contribution >= 4 is 5.84 Å². The Morgan fingerprint density at radius 3 is 2.29 bits per heavy atom. The van der Waals surface area contributed by atoms with Gasteiger partial charge in [0.1, 0.15) is 26.2 Å². The molecule has 9 heteroatoms. The molecule has 9 nitrogen and oxygen atoms in total. The highest BCUT2D eigenvalue weighted by molar-refractivity contribution is 5.79. The van der Waals surface area contributed by atoms with Crippen LogP contribution in [-0.2, 0) is 28.4 Å². The van der Waals surface area contributed by atoms with E-state index < -0.39 is 0 Å². The molecule has 41 heavy (non-hydrogen) atoms. The van der Waals surface area contributed by atoms with Crippen LogP contribution in [0.1, 0.15) is 85.5 Å². The molecule has 3 N–H and O–H groups in total. The van der Waals surface area contributed by atoms with E-state index in [9.17, 15) is 0 Å². The molecular weight excluding hydrogens is 524 g/mol. The molecule has 0 aromatic rings. The van der Waals surface area contributed by atoms with Crippen LogP contribution in [0.25, 0.3) is 0 Å². The summed E-state index contributed by atoms with van der Waals surface area (Å²) in [6, 6.07) is 0. The number of hydrogen-bond acceptors (Lipinski definition) is 8. The van der Waals surface area contributed by atoms with Gasteiger partial charge in [-0.15, -0.1) is 0 Å². The minimum atomic E-state index is 0.0912. The van der Waals surface area contributed by atoms with Gasteiger partial charge in [0, 0.05) is 27.8 Å². The lowest BCUT2D eigenvalue weighted by atomic mass is 9.40. The Kier molecular flexibility index (Phi) is 11.4. The number of rotatable bonds is 14. The van der Waals surface area contributed by atoms with Crippen LogP contribution in [0.15, 0.2) is 5.16 Å². The zero-order valence-electron chi connectivity index (χ0n) is 26.7. The van der Waals surface area contributed by atoms with Crippen LogP contribution in [-0.4, -0.2) is 71.1 Å². The maximum atomic E-state index is 9.12. The summed E-state index contributed by atoms with van der Waals surface area (Å²) in [5.41, 5.74) is 6.12. The summed E-state index contributed by atoms with van der Waals surface area (Å²) in [5.74, 6) is 3.52. The van der Waals surface area contributed by atoms with Crippen molar-refractivity contribution in [1.82, 2.24) is 0 Å². The van der Waals surface area contributed by atoms with Crippen LogP contribution in [0.5, 0.6) is 0 Å². The first-order valence-electron chi connectivity index (χ1n) is 16.0. The Morgan fingerprint density at radius 1 is 0.951 bits per heavy atom.